The maximum Gasteiger partial charge on any atom is 0.309 e. The standard InChI is InChI=1S/C11H9ClN2O2/c12-10-8(6-9(15)16)13-11(14-10)7-4-2-1-3-5-7/h1-5H,6H2,(H,13,14)(H,15,16). The number of halogens is 1. The largest absolute Gasteiger partial charge is 0.481 e. The van der Waals surface area contributed by atoms with E-state index in [9.17, 15) is 4.79 Å². The van der Waals surface area contributed by atoms with Crippen molar-refractivity contribution in [2.45, 2.75) is 6.42 Å². The number of aliphatic carboxylic acids is 1. The van der Waals surface area contributed by atoms with Crippen LogP contribution in [0, 0.1) is 0 Å². The number of hydrogen-bond donors (Lipinski definition) is 2. The van der Waals surface area contributed by atoms with E-state index >= 15 is 0 Å². The zero-order chi connectivity index (χ0) is 11.5. The Balaban J connectivity index is 2.34. The molecule has 2 aromatic rings. The van der Waals surface area contributed by atoms with Gasteiger partial charge in [-0.25, -0.2) is 4.98 Å². The number of H-pyrrole nitrogens is 1. The van der Waals surface area contributed by atoms with Crippen LogP contribution in [0.1, 0.15) is 5.69 Å². The van der Waals surface area contributed by atoms with Gasteiger partial charge in [0.15, 0.2) is 5.15 Å². The van der Waals surface area contributed by atoms with Gasteiger partial charge in [0.25, 0.3) is 0 Å². The number of rotatable bonds is 3. The van der Waals surface area contributed by atoms with E-state index in [-0.39, 0.29) is 11.6 Å². The summed E-state index contributed by atoms with van der Waals surface area (Å²) in [6.45, 7) is 0. The highest BCUT2D eigenvalue weighted by atomic mass is 35.5. The lowest BCUT2D eigenvalue weighted by molar-refractivity contribution is -0.136. The topological polar surface area (TPSA) is 66.0 Å². The molecule has 0 saturated carbocycles. The Hall–Kier alpha value is -1.81. The minimum Gasteiger partial charge on any atom is -0.481 e. The van der Waals surface area contributed by atoms with Crippen molar-refractivity contribution in [2.24, 2.45) is 0 Å². The molecule has 0 spiro atoms. The van der Waals surface area contributed by atoms with Crippen LogP contribution < -0.4 is 0 Å². The summed E-state index contributed by atoms with van der Waals surface area (Å²) in [5.41, 5.74) is 1.30. The van der Waals surface area contributed by atoms with Crippen molar-refractivity contribution in [3.05, 3.63) is 41.2 Å². The number of nitrogens with one attached hydrogen (secondary N) is 1. The Morgan fingerprint density at radius 1 is 1.38 bits per heavy atom. The minimum absolute atomic E-state index is 0.154. The number of hydrogen-bond acceptors (Lipinski definition) is 2. The fourth-order valence-electron chi connectivity index (χ4n) is 1.39. The molecule has 1 aromatic heterocycles. The first-order valence-corrected chi connectivity index (χ1v) is 5.06. The molecular formula is C11H9ClN2O2. The average Bonchev–Trinajstić information content (AvgIpc) is 2.61. The van der Waals surface area contributed by atoms with Crippen LogP contribution in [-0.2, 0) is 11.2 Å². The van der Waals surface area contributed by atoms with Gasteiger partial charge in [0.2, 0.25) is 0 Å². The molecular weight excluding hydrogens is 228 g/mol. The number of carboxylic acid groups (broad SMARTS) is 1. The molecule has 5 heteroatoms. The maximum atomic E-state index is 10.6. The van der Waals surface area contributed by atoms with Crippen molar-refractivity contribution < 1.29 is 9.90 Å². The summed E-state index contributed by atoms with van der Waals surface area (Å²) < 4.78 is 0. The number of nitrogens with zero attached hydrogens (tertiary/aromatic N) is 1. The molecule has 1 aromatic carbocycles. The summed E-state index contributed by atoms with van der Waals surface area (Å²) in [5.74, 6) is -0.355. The van der Waals surface area contributed by atoms with E-state index in [0.29, 0.717) is 11.5 Å². The molecule has 0 saturated heterocycles. The van der Waals surface area contributed by atoms with Gasteiger partial charge in [0.05, 0.1) is 12.1 Å². The molecule has 0 aliphatic carbocycles. The highest BCUT2D eigenvalue weighted by Crippen LogP contribution is 2.21. The number of aromatic amines is 1. The number of imidazole rings is 1. The first-order valence-electron chi connectivity index (χ1n) is 4.68. The number of aromatic nitrogens is 2. The summed E-state index contributed by atoms with van der Waals surface area (Å²) in [6, 6.07) is 9.40. The molecule has 1 heterocycles. The first kappa shape index (κ1) is 10.7. The normalized spacial score (nSPS) is 10.3. The lowest BCUT2D eigenvalue weighted by Gasteiger charge is -1.94. The fourth-order valence-corrected chi connectivity index (χ4v) is 1.59. The van der Waals surface area contributed by atoms with Crippen LogP contribution in [-0.4, -0.2) is 21.0 Å². The Kier molecular flexibility index (Phi) is 2.92. The molecule has 0 bridgehead atoms. The second kappa shape index (κ2) is 4.37. The van der Waals surface area contributed by atoms with Crippen molar-refractivity contribution in [3.63, 3.8) is 0 Å². The SMILES string of the molecule is O=C(O)Cc1[nH]c(-c2ccccc2)nc1Cl. The predicted octanol–water partition coefficient (Wildman–Crippen LogP) is 2.36. The second-order valence-corrected chi connectivity index (χ2v) is 3.65. The van der Waals surface area contributed by atoms with Crippen LogP contribution in [0.3, 0.4) is 0 Å². The van der Waals surface area contributed by atoms with Gasteiger partial charge in [0.1, 0.15) is 5.82 Å². The van der Waals surface area contributed by atoms with Crippen molar-refractivity contribution in [1.29, 1.82) is 0 Å². The van der Waals surface area contributed by atoms with Crippen LogP contribution in [0.15, 0.2) is 30.3 Å². The van der Waals surface area contributed by atoms with Crippen LogP contribution in [0.2, 0.25) is 5.15 Å². The fraction of sp³-hybridized carbons (Fsp3) is 0.0909. The summed E-state index contributed by atoms with van der Waals surface area (Å²) in [4.78, 5) is 17.5. The zero-order valence-electron chi connectivity index (χ0n) is 8.27. The van der Waals surface area contributed by atoms with E-state index in [1.807, 2.05) is 30.3 Å². The maximum absolute atomic E-state index is 10.6. The molecule has 0 fully saturated rings. The number of carboxylic acids is 1. The van der Waals surface area contributed by atoms with E-state index in [4.69, 9.17) is 16.7 Å². The molecule has 0 radical (unpaired) electrons. The van der Waals surface area contributed by atoms with Crippen LogP contribution in [0.4, 0.5) is 0 Å². The third-order valence-electron chi connectivity index (χ3n) is 2.10. The highest BCUT2D eigenvalue weighted by Gasteiger charge is 2.12. The Morgan fingerprint density at radius 3 is 2.69 bits per heavy atom. The van der Waals surface area contributed by atoms with Gasteiger partial charge in [-0.05, 0) is 0 Å². The van der Waals surface area contributed by atoms with E-state index in [1.54, 1.807) is 0 Å². The predicted molar refractivity (Wildman–Crippen MR) is 60.4 cm³/mol. The molecule has 2 rings (SSSR count). The smallest absolute Gasteiger partial charge is 0.309 e. The lowest BCUT2D eigenvalue weighted by Crippen LogP contribution is -2.00. The van der Waals surface area contributed by atoms with Crippen molar-refractivity contribution >= 4 is 17.6 Å². The summed E-state index contributed by atoms with van der Waals surface area (Å²) in [6.07, 6.45) is -0.154. The Bertz CT molecular complexity index is 508. The minimum atomic E-state index is -0.940. The molecule has 0 unspecified atom stereocenters. The number of benzene rings is 1. The molecule has 4 nitrogen and oxygen atoms in total. The molecule has 82 valence electrons. The van der Waals surface area contributed by atoms with E-state index < -0.39 is 5.97 Å². The van der Waals surface area contributed by atoms with E-state index in [1.165, 1.54) is 0 Å². The summed E-state index contributed by atoms with van der Waals surface area (Å²) in [7, 11) is 0. The van der Waals surface area contributed by atoms with Crippen molar-refractivity contribution in [1.82, 2.24) is 9.97 Å². The molecule has 0 atom stereocenters. The van der Waals surface area contributed by atoms with Crippen LogP contribution >= 0.6 is 11.6 Å². The molecule has 0 aliphatic heterocycles. The first-order chi connectivity index (χ1) is 7.66. The molecule has 16 heavy (non-hydrogen) atoms. The Morgan fingerprint density at radius 2 is 2.06 bits per heavy atom. The summed E-state index contributed by atoms with van der Waals surface area (Å²) in [5, 5.41) is 8.87. The van der Waals surface area contributed by atoms with Crippen molar-refractivity contribution in [3.8, 4) is 11.4 Å². The van der Waals surface area contributed by atoms with Gasteiger partial charge in [-0.15, -0.1) is 0 Å². The van der Waals surface area contributed by atoms with E-state index in [0.717, 1.165) is 5.56 Å². The van der Waals surface area contributed by atoms with Crippen LogP contribution in [0.25, 0.3) is 11.4 Å². The van der Waals surface area contributed by atoms with Gasteiger partial charge < -0.3 is 10.1 Å². The van der Waals surface area contributed by atoms with Gasteiger partial charge in [-0.1, -0.05) is 41.9 Å². The highest BCUT2D eigenvalue weighted by molar-refractivity contribution is 6.30. The third-order valence-corrected chi connectivity index (χ3v) is 2.42. The van der Waals surface area contributed by atoms with Gasteiger partial charge in [-0.3, -0.25) is 4.79 Å². The lowest BCUT2D eigenvalue weighted by atomic mass is 10.2. The summed E-state index contributed by atoms with van der Waals surface area (Å²) >= 11 is 5.83. The molecule has 0 amide bonds. The quantitative estimate of drug-likeness (QED) is 0.860. The van der Waals surface area contributed by atoms with Crippen molar-refractivity contribution in [2.75, 3.05) is 0 Å². The molecule has 2 N–H and O–H groups in total. The number of carbonyl (C=O) groups is 1. The average molecular weight is 237 g/mol. The monoisotopic (exact) mass is 236 g/mol. The second-order valence-electron chi connectivity index (χ2n) is 3.29. The van der Waals surface area contributed by atoms with Crippen LogP contribution in [0.5, 0.6) is 0 Å². The van der Waals surface area contributed by atoms with E-state index in [2.05, 4.69) is 9.97 Å². The van der Waals surface area contributed by atoms with Gasteiger partial charge in [-0.2, -0.15) is 0 Å². The van der Waals surface area contributed by atoms with Gasteiger partial charge in [0, 0.05) is 5.56 Å². The van der Waals surface area contributed by atoms with Gasteiger partial charge >= 0.3 is 5.97 Å². The third kappa shape index (κ3) is 2.23. The molecule has 0 aliphatic rings. The zero-order valence-corrected chi connectivity index (χ0v) is 9.03. The Labute approximate surface area is 96.9 Å².